The van der Waals surface area contributed by atoms with E-state index >= 15 is 0 Å². The van der Waals surface area contributed by atoms with Crippen LogP contribution in [0.2, 0.25) is 0 Å². The zero-order valence-corrected chi connectivity index (χ0v) is 12.3. The summed E-state index contributed by atoms with van der Waals surface area (Å²) in [6.07, 6.45) is 3.42. The van der Waals surface area contributed by atoms with Gasteiger partial charge in [0, 0.05) is 11.1 Å². The van der Waals surface area contributed by atoms with Gasteiger partial charge >= 0.3 is 5.97 Å². The summed E-state index contributed by atoms with van der Waals surface area (Å²) in [5.74, 6) is 0.0514. The molecule has 1 unspecified atom stereocenters. The number of hydrogen-bond acceptors (Lipinski definition) is 3. The fraction of sp³-hybridized carbons (Fsp3) is 0.412. The Morgan fingerprint density at radius 3 is 2.80 bits per heavy atom. The van der Waals surface area contributed by atoms with Crippen molar-refractivity contribution in [3.63, 3.8) is 0 Å². The molecule has 0 bridgehead atoms. The first-order valence-electron chi connectivity index (χ1n) is 7.15. The van der Waals surface area contributed by atoms with Gasteiger partial charge in [-0.15, -0.1) is 0 Å². The Hall–Kier alpha value is -1.90. The van der Waals surface area contributed by atoms with Gasteiger partial charge < -0.3 is 4.74 Å². The number of pyridine rings is 1. The molecular formula is C17H21NO2. The monoisotopic (exact) mass is 271 g/mol. The summed E-state index contributed by atoms with van der Waals surface area (Å²) >= 11 is 0. The van der Waals surface area contributed by atoms with Crippen molar-refractivity contribution in [1.82, 2.24) is 4.98 Å². The molecule has 1 heterocycles. The maximum Gasteiger partial charge on any atom is 0.338 e. The lowest BCUT2D eigenvalue weighted by molar-refractivity contribution is 0.0602. The second kappa shape index (κ2) is 6.51. The standard InChI is InChI=1S/C17H21NO2/c1-4-5-8-12(2)16-11-14(17(19)20-3)13-9-6-7-10-15(13)18-16/h6-7,9-12H,4-5,8H2,1-3H3. The first-order chi connectivity index (χ1) is 9.67. The number of unbranched alkanes of at least 4 members (excludes halogenated alkanes) is 1. The summed E-state index contributed by atoms with van der Waals surface area (Å²) in [6, 6.07) is 9.59. The van der Waals surface area contributed by atoms with Crippen LogP contribution in [-0.2, 0) is 4.74 Å². The molecule has 0 fully saturated rings. The molecule has 2 rings (SSSR count). The molecule has 0 aliphatic heterocycles. The van der Waals surface area contributed by atoms with Crippen LogP contribution in [0.1, 0.15) is 55.1 Å². The van der Waals surface area contributed by atoms with Crippen molar-refractivity contribution in [3.8, 4) is 0 Å². The normalized spacial score (nSPS) is 12.3. The van der Waals surface area contributed by atoms with Crippen LogP contribution < -0.4 is 0 Å². The van der Waals surface area contributed by atoms with Crippen molar-refractivity contribution in [2.24, 2.45) is 0 Å². The van der Waals surface area contributed by atoms with Crippen molar-refractivity contribution in [3.05, 3.63) is 41.6 Å². The zero-order valence-electron chi connectivity index (χ0n) is 12.3. The number of methoxy groups -OCH3 is 1. The third-order valence-corrected chi connectivity index (χ3v) is 3.64. The molecule has 0 N–H and O–H groups in total. The van der Waals surface area contributed by atoms with Crippen molar-refractivity contribution in [2.75, 3.05) is 7.11 Å². The minimum atomic E-state index is -0.299. The van der Waals surface area contributed by atoms with Gasteiger partial charge in [0.05, 0.1) is 18.2 Å². The zero-order chi connectivity index (χ0) is 14.5. The molecule has 0 saturated carbocycles. The van der Waals surface area contributed by atoms with Crippen molar-refractivity contribution in [2.45, 2.75) is 39.0 Å². The van der Waals surface area contributed by atoms with Gasteiger partial charge in [-0.05, 0) is 24.5 Å². The second-order valence-corrected chi connectivity index (χ2v) is 5.15. The molecule has 0 amide bonds. The van der Waals surface area contributed by atoms with Crippen molar-refractivity contribution >= 4 is 16.9 Å². The Labute approximate surface area is 120 Å². The van der Waals surface area contributed by atoms with Crippen LogP contribution in [-0.4, -0.2) is 18.1 Å². The van der Waals surface area contributed by atoms with E-state index in [2.05, 4.69) is 13.8 Å². The molecule has 0 spiro atoms. The number of para-hydroxylation sites is 1. The van der Waals surface area contributed by atoms with Gasteiger partial charge in [-0.3, -0.25) is 4.98 Å². The summed E-state index contributed by atoms with van der Waals surface area (Å²) in [5, 5.41) is 0.853. The average Bonchev–Trinajstić information content (AvgIpc) is 2.50. The first kappa shape index (κ1) is 14.5. The Balaban J connectivity index is 2.49. The molecule has 3 nitrogen and oxygen atoms in total. The maximum atomic E-state index is 12.0. The number of aromatic nitrogens is 1. The van der Waals surface area contributed by atoms with Gasteiger partial charge in [0.15, 0.2) is 0 Å². The van der Waals surface area contributed by atoms with E-state index < -0.39 is 0 Å². The van der Waals surface area contributed by atoms with E-state index in [0.717, 1.165) is 23.0 Å². The van der Waals surface area contributed by atoms with Gasteiger partial charge in [-0.25, -0.2) is 4.79 Å². The van der Waals surface area contributed by atoms with Crippen LogP contribution in [0.5, 0.6) is 0 Å². The highest BCUT2D eigenvalue weighted by atomic mass is 16.5. The molecule has 1 atom stereocenters. The molecule has 2 aromatic rings. The Kier molecular flexibility index (Phi) is 4.72. The fourth-order valence-electron chi connectivity index (χ4n) is 2.39. The van der Waals surface area contributed by atoms with Crippen LogP contribution in [0, 0.1) is 0 Å². The number of carbonyl (C=O) groups is 1. The summed E-state index contributed by atoms with van der Waals surface area (Å²) in [7, 11) is 1.41. The van der Waals surface area contributed by atoms with Crippen LogP contribution in [0.15, 0.2) is 30.3 Å². The van der Waals surface area contributed by atoms with Crippen molar-refractivity contribution in [1.29, 1.82) is 0 Å². The van der Waals surface area contributed by atoms with E-state index in [1.54, 1.807) is 0 Å². The number of carbonyl (C=O) groups excluding carboxylic acids is 1. The van der Waals surface area contributed by atoms with E-state index in [1.165, 1.54) is 20.0 Å². The van der Waals surface area contributed by atoms with Gasteiger partial charge in [0.1, 0.15) is 0 Å². The molecule has 0 radical (unpaired) electrons. The Morgan fingerprint density at radius 2 is 2.10 bits per heavy atom. The van der Waals surface area contributed by atoms with Gasteiger partial charge in [-0.2, -0.15) is 0 Å². The first-order valence-corrected chi connectivity index (χ1v) is 7.15. The molecule has 0 saturated heterocycles. The van der Waals surface area contributed by atoms with E-state index in [-0.39, 0.29) is 5.97 Å². The highest BCUT2D eigenvalue weighted by Crippen LogP contribution is 2.25. The lowest BCUT2D eigenvalue weighted by atomic mass is 9.97. The highest BCUT2D eigenvalue weighted by molar-refractivity contribution is 6.03. The topological polar surface area (TPSA) is 39.2 Å². The highest BCUT2D eigenvalue weighted by Gasteiger charge is 2.15. The third kappa shape index (κ3) is 2.98. The van der Waals surface area contributed by atoms with E-state index in [4.69, 9.17) is 9.72 Å². The molecule has 20 heavy (non-hydrogen) atoms. The number of benzene rings is 1. The second-order valence-electron chi connectivity index (χ2n) is 5.15. The molecule has 1 aromatic heterocycles. The Morgan fingerprint density at radius 1 is 1.35 bits per heavy atom. The van der Waals surface area contributed by atoms with Crippen LogP contribution in [0.4, 0.5) is 0 Å². The SMILES string of the molecule is CCCCC(C)c1cc(C(=O)OC)c2ccccc2n1. The number of ether oxygens (including phenoxy) is 1. The summed E-state index contributed by atoms with van der Waals surface area (Å²) < 4.78 is 4.89. The molecule has 106 valence electrons. The minimum absolute atomic E-state index is 0.299. The summed E-state index contributed by atoms with van der Waals surface area (Å²) in [5.41, 5.74) is 2.43. The van der Waals surface area contributed by atoms with E-state index in [9.17, 15) is 4.79 Å². The molecule has 1 aromatic carbocycles. The molecule has 3 heteroatoms. The molecular weight excluding hydrogens is 250 g/mol. The number of fused-ring (bicyclic) bond motifs is 1. The lowest BCUT2D eigenvalue weighted by Crippen LogP contribution is -2.06. The quantitative estimate of drug-likeness (QED) is 0.760. The predicted octanol–water partition coefficient (Wildman–Crippen LogP) is 4.32. The third-order valence-electron chi connectivity index (χ3n) is 3.64. The van der Waals surface area contributed by atoms with Gasteiger partial charge in [0.2, 0.25) is 0 Å². The molecule has 0 aliphatic carbocycles. The minimum Gasteiger partial charge on any atom is -0.465 e. The predicted molar refractivity (Wildman–Crippen MR) is 81.0 cm³/mol. The van der Waals surface area contributed by atoms with E-state index in [0.29, 0.717) is 11.5 Å². The van der Waals surface area contributed by atoms with Crippen LogP contribution in [0.3, 0.4) is 0 Å². The number of hydrogen-bond donors (Lipinski definition) is 0. The lowest BCUT2D eigenvalue weighted by Gasteiger charge is -2.13. The van der Waals surface area contributed by atoms with Crippen molar-refractivity contribution < 1.29 is 9.53 Å². The maximum absolute atomic E-state index is 12.0. The summed E-state index contributed by atoms with van der Waals surface area (Å²) in [4.78, 5) is 16.7. The van der Waals surface area contributed by atoms with E-state index in [1.807, 2.05) is 30.3 Å². The van der Waals surface area contributed by atoms with Crippen LogP contribution in [0.25, 0.3) is 10.9 Å². The number of esters is 1. The van der Waals surface area contributed by atoms with Gasteiger partial charge in [-0.1, -0.05) is 44.9 Å². The van der Waals surface area contributed by atoms with Gasteiger partial charge in [0.25, 0.3) is 0 Å². The largest absolute Gasteiger partial charge is 0.465 e. The number of rotatable bonds is 5. The average molecular weight is 271 g/mol. The smallest absolute Gasteiger partial charge is 0.338 e. The Bertz CT molecular complexity index is 607. The number of nitrogens with zero attached hydrogens (tertiary/aromatic N) is 1. The summed E-state index contributed by atoms with van der Waals surface area (Å²) in [6.45, 7) is 4.34. The van der Waals surface area contributed by atoms with Crippen LogP contribution >= 0.6 is 0 Å². The molecule has 0 aliphatic rings. The fourth-order valence-corrected chi connectivity index (χ4v) is 2.39.